The summed E-state index contributed by atoms with van der Waals surface area (Å²) in [6, 6.07) is 81.6. The van der Waals surface area contributed by atoms with Gasteiger partial charge in [-0.25, -0.2) is 0 Å². The molecule has 0 radical (unpaired) electrons. The molecule has 0 amide bonds. The summed E-state index contributed by atoms with van der Waals surface area (Å²) in [5, 5.41) is 17.0. The Labute approximate surface area is 423 Å². The van der Waals surface area contributed by atoms with Crippen molar-refractivity contribution in [2.24, 2.45) is 0 Å². The Morgan fingerprint density at radius 1 is 0.370 bits per heavy atom. The van der Waals surface area contributed by atoms with Gasteiger partial charge in [0.2, 0.25) is 0 Å². The van der Waals surface area contributed by atoms with Gasteiger partial charge in [-0.15, -0.1) is 0 Å². The maximum absolute atomic E-state index is 9.92. The SMILES string of the molecule is N#Cc1ccc2c(c1)c1ccccc1n2-c1cnc2c(c1)C1(c3ccccc3Sc3ccc(-c4ccc5c(c4)c4ccccc4n5-c4cccc(-n5c6ccccc6c6ccccc65)c4)cc31)c1cccnc1-2. The average molecular weight is 947 g/mol. The van der Waals surface area contributed by atoms with E-state index in [-0.39, 0.29) is 0 Å². The van der Waals surface area contributed by atoms with Crippen molar-refractivity contribution in [1.29, 1.82) is 5.26 Å². The van der Waals surface area contributed by atoms with E-state index in [4.69, 9.17) is 9.97 Å². The number of nitriles is 1. The van der Waals surface area contributed by atoms with Crippen LogP contribution >= 0.6 is 11.8 Å². The zero-order valence-corrected chi connectivity index (χ0v) is 39.8. The minimum absolute atomic E-state index is 0.637. The Morgan fingerprint density at radius 3 is 1.58 bits per heavy atom. The number of hydrogen-bond donors (Lipinski definition) is 0. The van der Waals surface area contributed by atoms with Crippen LogP contribution in [0.2, 0.25) is 0 Å². The van der Waals surface area contributed by atoms with Crippen molar-refractivity contribution in [3.63, 3.8) is 0 Å². The highest BCUT2D eigenvalue weighted by atomic mass is 32.2. The number of pyridine rings is 2. The molecule has 6 nitrogen and oxygen atoms in total. The van der Waals surface area contributed by atoms with E-state index >= 15 is 0 Å². The van der Waals surface area contributed by atoms with Gasteiger partial charge in [0.25, 0.3) is 0 Å². The molecule has 6 heterocycles. The van der Waals surface area contributed by atoms with Crippen molar-refractivity contribution in [3.05, 3.63) is 259 Å². The number of fused-ring (bicyclic) bond motifs is 18. The first-order valence-corrected chi connectivity index (χ1v) is 25.4. The summed E-state index contributed by atoms with van der Waals surface area (Å²) in [6.07, 6.45) is 3.89. The van der Waals surface area contributed by atoms with E-state index in [2.05, 4.69) is 226 Å². The van der Waals surface area contributed by atoms with E-state index in [0.29, 0.717) is 5.56 Å². The maximum Gasteiger partial charge on any atom is 0.0991 e. The summed E-state index contributed by atoms with van der Waals surface area (Å²) in [7, 11) is 0. The molecule has 0 bridgehead atoms. The number of hydrogen-bond acceptors (Lipinski definition) is 4. The van der Waals surface area contributed by atoms with Crippen molar-refractivity contribution in [2.45, 2.75) is 15.2 Å². The predicted molar refractivity (Wildman–Crippen MR) is 297 cm³/mol. The Bertz CT molecular complexity index is 4700. The standard InChI is InChI=1S/C66H38N6S/c67-38-40-26-29-60-50(33-40)48-17-3-9-24-59(48)72(60)45-37-55-65(69-39-45)64-53(20-12-32-68-64)66(55)52-19-5-10-25-62(52)73-63-31-28-42(35-54(63)66)41-27-30-61-51(34-41)49-18-4-8-23-58(49)71(61)44-14-11-13-43(36-44)70-56-21-6-1-15-46(56)47-16-2-7-22-57(47)70/h1-37,39H. The van der Waals surface area contributed by atoms with Crippen LogP contribution in [0.3, 0.4) is 0 Å². The van der Waals surface area contributed by atoms with Gasteiger partial charge in [-0.3, -0.25) is 9.97 Å². The first kappa shape index (κ1) is 40.3. The molecule has 2 aliphatic rings. The van der Waals surface area contributed by atoms with E-state index < -0.39 is 5.41 Å². The van der Waals surface area contributed by atoms with Gasteiger partial charge in [0.1, 0.15) is 0 Å². The molecule has 14 aromatic rings. The van der Waals surface area contributed by atoms with Crippen molar-refractivity contribution in [3.8, 4) is 45.6 Å². The quantitative estimate of drug-likeness (QED) is 0.176. The molecule has 16 rings (SSSR count). The molecule has 1 aliphatic carbocycles. The molecule has 1 aliphatic heterocycles. The van der Waals surface area contributed by atoms with Crippen molar-refractivity contribution >= 4 is 77.2 Å². The summed E-state index contributed by atoms with van der Waals surface area (Å²) < 4.78 is 7.12. The fourth-order valence-corrected chi connectivity index (χ4v) is 13.8. The lowest BCUT2D eigenvalue weighted by molar-refractivity contribution is 0.719. The van der Waals surface area contributed by atoms with Crippen LogP contribution in [0, 0.1) is 11.3 Å². The first-order valence-electron chi connectivity index (χ1n) is 24.6. The molecule has 0 saturated carbocycles. The molecular formula is C66H38N6S. The summed E-state index contributed by atoms with van der Waals surface area (Å²) >= 11 is 1.83. The molecule has 1 atom stereocenters. The molecule has 73 heavy (non-hydrogen) atoms. The molecular weight excluding hydrogens is 909 g/mol. The molecule has 338 valence electrons. The maximum atomic E-state index is 9.92. The highest BCUT2D eigenvalue weighted by Crippen LogP contribution is 2.62. The van der Waals surface area contributed by atoms with Crippen molar-refractivity contribution in [2.75, 3.05) is 0 Å². The van der Waals surface area contributed by atoms with Crippen LogP contribution in [0.15, 0.2) is 241 Å². The highest BCUT2D eigenvalue weighted by molar-refractivity contribution is 7.99. The van der Waals surface area contributed by atoms with E-state index in [1.165, 1.54) is 53.5 Å². The third kappa shape index (κ3) is 5.47. The van der Waals surface area contributed by atoms with Gasteiger partial charge in [0.05, 0.1) is 73.4 Å². The molecule has 0 N–H and O–H groups in total. The second-order valence-electron chi connectivity index (χ2n) is 19.2. The van der Waals surface area contributed by atoms with Crippen molar-refractivity contribution < 1.29 is 0 Å². The van der Waals surface area contributed by atoms with Gasteiger partial charge < -0.3 is 13.7 Å². The van der Waals surface area contributed by atoms with Crippen LogP contribution < -0.4 is 0 Å². The fourth-order valence-electron chi connectivity index (χ4n) is 12.6. The second-order valence-corrected chi connectivity index (χ2v) is 20.3. The van der Waals surface area contributed by atoms with E-state index in [0.717, 1.165) is 83.5 Å². The van der Waals surface area contributed by atoms with Gasteiger partial charge in [0, 0.05) is 65.2 Å². The van der Waals surface area contributed by atoms with Crippen LogP contribution in [0.1, 0.15) is 27.8 Å². The van der Waals surface area contributed by atoms with Crippen LogP contribution in [-0.2, 0) is 5.41 Å². The molecule has 7 heteroatoms. The Kier molecular flexibility index (Phi) is 8.28. The topological polar surface area (TPSA) is 64.4 Å². The predicted octanol–water partition coefficient (Wildman–Crippen LogP) is 16.1. The third-order valence-electron chi connectivity index (χ3n) is 15.6. The van der Waals surface area contributed by atoms with Crippen LogP contribution in [-0.4, -0.2) is 23.7 Å². The Morgan fingerprint density at radius 2 is 0.890 bits per heavy atom. The van der Waals surface area contributed by atoms with E-state index in [1.807, 2.05) is 36.3 Å². The van der Waals surface area contributed by atoms with E-state index in [9.17, 15) is 5.26 Å². The average Bonchev–Trinajstić information content (AvgIpc) is 4.17. The van der Waals surface area contributed by atoms with Gasteiger partial charge in [0.15, 0.2) is 0 Å². The lowest BCUT2D eigenvalue weighted by Crippen LogP contribution is -2.32. The van der Waals surface area contributed by atoms with Crippen LogP contribution in [0.4, 0.5) is 0 Å². The van der Waals surface area contributed by atoms with E-state index in [1.54, 1.807) is 0 Å². The summed E-state index contributed by atoms with van der Waals surface area (Å²) in [5.74, 6) is 0. The molecule has 0 fully saturated rings. The fraction of sp³-hybridized carbons (Fsp3) is 0.0152. The summed E-state index contributed by atoms with van der Waals surface area (Å²) in [4.78, 5) is 12.9. The lowest BCUT2D eigenvalue weighted by atomic mass is 9.67. The number of benzene rings is 9. The first-order chi connectivity index (χ1) is 36.2. The normalized spacial score (nSPS) is 14.6. The van der Waals surface area contributed by atoms with Gasteiger partial charge in [-0.1, -0.05) is 127 Å². The summed E-state index contributed by atoms with van der Waals surface area (Å²) in [5.41, 5.74) is 18.6. The van der Waals surface area contributed by atoms with Crippen LogP contribution in [0.5, 0.6) is 0 Å². The number of nitrogens with zero attached hydrogens (tertiary/aromatic N) is 6. The number of rotatable bonds is 4. The summed E-state index contributed by atoms with van der Waals surface area (Å²) in [6.45, 7) is 0. The largest absolute Gasteiger partial charge is 0.309 e. The van der Waals surface area contributed by atoms with Gasteiger partial charge in [-0.2, -0.15) is 5.26 Å². The molecule has 5 aromatic heterocycles. The smallest absolute Gasteiger partial charge is 0.0991 e. The second kappa shape index (κ2) is 15.0. The number of aromatic nitrogens is 5. The third-order valence-corrected chi connectivity index (χ3v) is 16.8. The lowest BCUT2D eigenvalue weighted by Gasteiger charge is -2.39. The van der Waals surface area contributed by atoms with Crippen molar-refractivity contribution in [1.82, 2.24) is 23.7 Å². The molecule has 1 unspecified atom stereocenters. The monoisotopic (exact) mass is 946 g/mol. The molecule has 9 aromatic carbocycles. The van der Waals surface area contributed by atoms with Crippen LogP contribution in [0.25, 0.3) is 105 Å². The Hall–Kier alpha value is -9.48. The van der Waals surface area contributed by atoms with Gasteiger partial charge in [-0.05, 0) is 131 Å². The number of para-hydroxylation sites is 4. The Balaban J connectivity index is 0.891. The molecule has 0 saturated heterocycles. The zero-order chi connectivity index (χ0) is 47.9. The zero-order valence-electron chi connectivity index (χ0n) is 39.0. The minimum Gasteiger partial charge on any atom is -0.309 e. The minimum atomic E-state index is -0.719. The molecule has 1 spiro atoms. The highest BCUT2D eigenvalue weighted by Gasteiger charge is 2.52. The van der Waals surface area contributed by atoms with Gasteiger partial charge >= 0.3 is 0 Å².